The SMILES string of the molecule is C[C@H](O)CNC(=O)C1CNCc2ccccc21. The Morgan fingerprint density at radius 2 is 2.35 bits per heavy atom. The molecule has 4 nitrogen and oxygen atoms in total. The summed E-state index contributed by atoms with van der Waals surface area (Å²) in [7, 11) is 0. The number of fused-ring (bicyclic) bond motifs is 1. The Kier molecular flexibility index (Phi) is 3.76. The Balaban J connectivity index is 2.10. The molecule has 1 aliphatic heterocycles. The lowest BCUT2D eigenvalue weighted by Gasteiger charge is -2.25. The van der Waals surface area contributed by atoms with Crippen LogP contribution in [0.5, 0.6) is 0 Å². The number of carbonyl (C=O) groups is 1. The summed E-state index contributed by atoms with van der Waals surface area (Å²) in [6.07, 6.45) is -0.509. The first-order valence-electron chi connectivity index (χ1n) is 5.93. The quantitative estimate of drug-likeness (QED) is 0.708. The molecule has 2 atom stereocenters. The van der Waals surface area contributed by atoms with E-state index in [4.69, 9.17) is 5.11 Å². The van der Waals surface area contributed by atoms with E-state index in [2.05, 4.69) is 10.6 Å². The van der Waals surface area contributed by atoms with E-state index in [1.165, 1.54) is 5.56 Å². The number of amides is 1. The van der Waals surface area contributed by atoms with Crippen molar-refractivity contribution < 1.29 is 9.90 Å². The molecule has 1 aliphatic rings. The molecule has 1 unspecified atom stereocenters. The van der Waals surface area contributed by atoms with Crippen molar-refractivity contribution >= 4 is 5.91 Å². The highest BCUT2D eigenvalue weighted by molar-refractivity contribution is 5.84. The van der Waals surface area contributed by atoms with E-state index in [0.717, 1.165) is 12.1 Å². The highest BCUT2D eigenvalue weighted by Crippen LogP contribution is 2.23. The number of rotatable bonds is 3. The Morgan fingerprint density at radius 3 is 3.12 bits per heavy atom. The fourth-order valence-electron chi connectivity index (χ4n) is 2.10. The van der Waals surface area contributed by atoms with Crippen LogP contribution in [-0.4, -0.2) is 30.2 Å². The largest absolute Gasteiger partial charge is 0.392 e. The Morgan fingerprint density at radius 1 is 1.59 bits per heavy atom. The predicted molar refractivity (Wildman–Crippen MR) is 65.6 cm³/mol. The van der Waals surface area contributed by atoms with Crippen molar-refractivity contribution in [1.82, 2.24) is 10.6 Å². The third-order valence-corrected chi connectivity index (χ3v) is 2.98. The summed E-state index contributed by atoms with van der Waals surface area (Å²) in [5, 5.41) is 15.2. The van der Waals surface area contributed by atoms with E-state index in [1.807, 2.05) is 24.3 Å². The summed E-state index contributed by atoms with van der Waals surface area (Å²) >= 11 is 0. The Hall–Kier alpha value is -1.39. The maximum atomic E-state index is 12.0. The van der Waals surface area contributed by atoms with Crippen molar-refractivity contribution in [3.05, 3.63) is 35.4 Å². The summed E-state index contributed by atoms with van der Waals surface area (Å²) in [5.41, 5.74) is 2.27. The van der Waals surface area contributed by atoms with E-state index < -0.39 is 6.10 Å². The molecule has 0 spiro atoms. The van der Waals surface area contributed by atoms with Crippen molar-refractivity contribution in [3.8, 4) is 0 Å². The molecule has 0 aromatic heterocycles. The molecule has 2 rings (SSSR count). The van der Waals surface area contributed by atoms with Crippen LogP contribution in [-0.2, 0) is 11.3 Å². The predicted octanol–water partition coefficient (Wildman–Crippen LogP) is 0.370. The first-order valence-corrected chi connectivity index (χ1v) is 5.93. The van der Waals surface area contributed by atoms with Gasteiger partial charge in [0, 0.05) is 19.6 Å². The van der Waals surface area contributed by atoms with Gasteiger partial charge in [0.25, 0.3) is 0 Å². The molecule has 4 heteroatoms. The monoisotopic (exact) mass is 234 g/mol. The number of carbonyl (C=O) groups excluding carboxylic acids is 1. The van der Waals surface area contributed by atoms with E-state index in [9.17, 15) is 4.79 Å². The Labute approximate surface area is 101 Å². The van der Waals surface area contributed by atoms with Gasteiger partial charge in [-0.15, -0.1) is 0 Å². The van der Waals surface area contributed by atoms with E-state index in [1.54, 1.807) is 6.92 Å². The van der Waals surface area contributed by atoms with Crippen LogP contribution < -0.4 is 10.6 Å². The molecule has 17 heavy (non-hydrogen) atoms. The summed E-state index contributed by atoms with van der Waals surface area (Å²) in [6.45, 7) is 3.43. The zero-order valence-electron chi connectivity index (χ0n) is 9.94. The number of nitrogens with one attached hydrogen (secondary N) is 2. The highest BCUT2D eigenvalue weighted by atomic mass is 16.3. The third kappa shape index (κ3) is 2.84. The molecule has 1 amide bonds. The fraction of sp³-hybridized carbons (Fsp3) is 0.462. The van der Waals surface area contributed by atoms with Crippen molar-refractivity contribution in [2.75, 3.05) is 13.1 Å². The van der Waals surface area contributed by atoms with Crippen LogP contribution in [0.25, 0.3) is 0 Å². The van der Waals surface area contributed by atoms with Gasteiger partial charge < -0.3 is 15.7 Å². The minimum Gasteiger partial charge on any atom is -0.392 e. The van der Waals surface area contributed by atoms with Gasteiger partial charge in [0.15, 0.2) is 0 Å². The molecule has 1 heterocycles. The first kappa shape index (κ1) is 12.1. The van der Waals surface area contributed by atoms with Crippen molar-refractivity contribution in [2.45, 2.75) is 25.5 Å². The zero-order valence-corrected chi connectivity index (χ0v) is 9.94. The maximum absolute atomic E-state index is 12.0. The molecule has 0 fully saturated rings. The second-order valence-corrected chi connectivity index (χ2v) is 4.48. The van der Waals surface area contributed by atoms with Gasteiger partial charge in [-0.25, -0.2) is 0 Å². The molecule has 1 aromatic carbocycles. The minimum absolute atomic E-state index is 0.0226. The van der Waals surface area contributed by atoms with Crippen LogP contribution in [0.15, 0.2) is 24.3 Å². The average molecular weight is 234 g/mol. The van der Waals surface area contributed by atoms with Crippen LogP contribution in [0.4, 0.5) is 0 Å². The zero-order chi connectivity index (χ0) is 12.3. The number of benzene rings is 1. The van der Waals surface area contributed by atoms with E-state index >= 15 is 0 Å². The van der Waals surface area contributed by atoms with Crippen LogP contribution in [0, 0.1) is 0 Å². The fourth-order valence-corrected chi connectivity index (χ4v) is 2.10. The van der Waals surface area contributed by atoms with Gasteiger partial charge in [-0.3, -0.25) is 4.79 Å². The molecule has 92 valence electrons. The van der Waals surface area contributed by atoms with Gasteiger partial charge in [-0.1, -0.05) is 24.3 Å². The number of aliphatic hydroxyl groups excluding tert-OH is 1. The van der Waals surface area contributed by atoms with Crippen molar-refractivity contribution in [3.63, 3.8) is 0 Å². The van der Waals surface area contributed by atoms with E-state index in [-0.39, 0.29) is 11.8 Å². The molecule has 3 N–H and O–H groups in total. The number of aliphatic hydroxyl groups is 1. The molecule has 0 radical (unpaired) electrons. The van der Waals surface area contributed by atoms with Crippen LogP contribution in [0.3, 0.4) is 0 Å². The average Bonchev–Trinajstić information content (AvgIpc) is 2.35. The summed E-state index contributed by atoms with van der Waals surface area (Å²) in [4.78, 5) is 12.0. The topological polar surface area (TPSA) is 61.4 Å². The highest BCUT2D eigenvalue weighted by Gasteiger charge is 2.25. The summed E-state index contributed by atoms with van der Waals surface area (Å²) in [5.74, 6) is -0.177. The van der Waals surface area contributed by atoms with Crippen LogP contribution in [0.2, 0.25) is 0 Å². The van der Waals surface area contributed by atoms with Gasteiger partial charge >= 0.3 is 0 Å². The molecule has 1 aromatic rings. The van der Waals surface area contributed by atoms with Gasteiger partial charge in [0.2, 0.25) is 5.91 Å². The number of hydrogen-bond donors (Lipinski definition) is 3. The second-order valence-electron chi connectivity index (χ2n) is 4.48. The lowest BCUT2D eigenvalue weighted by Crippen LogP contribution is -2.40. The van der Waals surface area contributed by atoms with Crippen molar-refractivity contribution in [2.24, 2.45) is 0 Å². The van der Waals surface area contributed by atoms with Gasteiger partial charge in [-0.2, -0.15) is 0 Å². The van der Waals surface area contributed by atoms with Crippen LogP contribution in [0.1, 0.15) is 24.0 Å². The molecule has 0 saturated heterocycles. The minimum atomic E-state index is -0.509. The van der Waals surface area contributed by atoms with Gasteiger partial charge in [-0.05, 0) is 18.1 Å². The lowest BCUT2D eigenvalue weighted by atomic mass is 9.90. The Bertz CT molecular complexity index is 404. The smallest absolute Gasteiger partial charge is 0.228 e. The second kappa shape index (κ2) is 5.29. The standard InChI is InChI=1S/C13H18N2O2/c1-9(16)6-15-13(17)12-8-14-7-10-4-2-3-5-11(10)12/h2-5,9,12,14,16H,6-8H2,1H3,(H,15,17)/t9-,12?/m0/s1. The normalized spacial score (nSPS) is 20.5. The molecule has 0 saturated carbocycles. The maximum Gasteiger partial charge on any atom is 0.228 e. The van der Waals surface area contributed by atoms with Gasteiger partial charge in [0.05, 0.1) is 12.0 Å². The molecular formula is C13H18N2O2. The lowest BCUT2D eigenvalue weighted by molar-refractivity contribution is -0.123. The van der Waals surface area contributed by atoms with E-state index in [0.29, 0.717) is 13.1 Å². The summed E-state index contributed by atoms with van der Waals surface area (Å²) < 4.78 is 0. The molecule has 0 bridgehead atoms. The number of hydrogen-bond acceptors (Lipinski definition) is 3. The molecule has 0 aliphatic carbocycles. The molecular weight excluding hydrogens is 216 g/mol. The summed E-state index contributed by atoms with van der Waals surface area (Å²) in [6, 6.07) is 7.98. The third-order valence-electron chi connectivity index (χ3n) is 2.98. The first-order chi connectivity index (χ1) is 8.18. The van der Waals surface area contributed by atoms with Crippen LogP contribution >= 0.6 is 0 Å². The van der Waals surface area contributed by atoms with Gasteiger partial charge in [0.1, 0.15) is 0 Å². The van der Waals surface area contributed by atoms with Crippen molar-refractivity contribution in [1.29, 1.82) is 0 Å².